The Morgan fingerprint density at radius 2 is 2.00 bits per heavy atom. The number of aryl methyl sites for hydroxylation is 1. The van der Waals surface area contributed by atoms with Crippen LogP contribution >= 0.6 is 11.8 Å². The summed E-state index contributed by atoms with van der Waals surface area (Å²) in [6, 6.07) is 6.48. The van der Waals surface area contributed by atoms with E-state index in [4.69, 9.17) is 5.73 Å². The molecule has 4 N–H and O–H groups in total. The molecule has 144 valence electrons. The molecule has 1 saturated carbocycles. The van der Waals surface area contributed by atoms with Crippen molar-refractivity contribution in [3.8, 4) is 0 Å². The number of nitrogens with zero attached hydrogens (tertiary/aromatic N) is 2. The lowest BCUT2D eigenvalue weighted by Crippen LogP contribution is -2.22. The van der Waals surface area contributed by atoms with Crippen LogP contribution in [0.1, 0.15) is 55.2 Å². The molecule has 27 heavy (non-hydrogen) atoms. The number of nitrogens with two attached hydrogens (primary N) is 1. The number of thioether (sulfide) groups is 1. The van der Waals surface area contributed by atoms with Gasteiger partial charge in [0.05, 0.1) is 5.25 Å². The lowest BCUT2D eigenvalue weighted by atomic mass is 10.0. The van der Waals surface area contributed by atoms with Gasteiger partial charge in [0.25, 0.3) is 0 Å². The van der Waals surface area contributed by atoms with Crippen LogP contribution < -0.4 is 11.1 Å². The number of hydrogen-bond donors (Lipinski definition) is 3. The van der Waals surface area contributed by atoms with Gasteiger partial charge in [0, 0.05) is 17.7 Å². The van der Waals surface area contributed by atoms with Gasteiger partial charge in [-0.15, -0.1) is 5.10 Å². The minimum atomic E-state index is -0.495. The van der Waals surface area contributed by atoms with Crippen molar-refractivity contribution in [1.29, 1.82) is 0 Å². The normalized spacial score (nSPS) is 15.6. The van der Waals surface area contributed by atoms with Crippen LogP contribution in [0.5, 0.6) is 0 Å². The first-order chi connectivity index (χ1) is 13.0. The fraction of sp³-hybridized carbons (Fsp3) is 0.474. The Morgan fingerprint density at radius 1 is 1.30 bits per heavy atom. The van der Waals surface area contributed by atoms with Crippen molar-refractivity contribution >= 4 is 29.3 Å². The van der Waals surface area contributed by atoms with E-state index in [1.807, 2.05) is 6.92 Å². The molecule has 3 rings (SSSR count). The van der Waals surface area contributed by atoms with E-state index >= 15 is 0 Å². The summed E-state index contributed by atoms with van der Waals surface area (Å²) in [7, 11) is 0. The first-order valence-corrected chi connectivity index (χ1v) is 10.2. The molecule has 1 aromatic carbocycles. The molecule has 1 heterocycles. The Kier molecular flexibility index (Phi) is 6.49. The summed E-state index contributed by atoms with van der Waals surface area (Å²) in [5.74, 6) is 1.06. The number of hydrogen-bond acceptors (Lipinski definition) is 5. The average Bonchev–Trinajstić information content (AvgIpc) is 3.32. The van der Waals surface area contributed by atoms with E-state index in [-0.39, 0.29) is 11.2 Å². The van der Waals surface area contributed by atoms with Crippen molar-refractivity contribution in [2.24, 2.45) is 11.7 Å². The van der Waals surface area contributed by atoms with Crippen LogP contribution in [0.25, 0.3) is 0 Å². The zero-order valence-corrected chi connectivity index (χ0v) is 16.2. The molecule has 0 radical (unpaired) electrons. The largest absolute Gasteiger partial charge is 0.366 e. The number of primary amides is 1. The van der Waals surface area contributed by atoms with E-state index in [9.17, 15) is 9.59 Å². The monoisotopic (exact) mass is 387 g/mol. The molecular formula is C19H25N5O2S. The van der Waals surface area contributed by atoms with Gasteiger partial charge in [-0.2, -0.15) is 0 Å². The highest BCUT2D eigenvalue weighted by Crippen LogP contribution is 2.28. The van der Waals surface area contributed by atoms with Crippen LogP contribution in [-0.4, -0.2) is 32.2 Å². The maximum Gasteiger partial charge on any atom is 0.248 e. The molecule has 1 aliphatic rings. The van der Waals surface area contributed by atoms with Gasteiger partial charge in [0.15, 0.2) is 0 Å². The van der Waals surface area contributed by atoms with E-state index in [0.717, 1.165) is 24.6 Å². The molecule has 2 aromatic rings. The van der Waals surface area contributed by atoms with Gasteiger partial charge in [-0.1, -0.05) is 37.4 Å². The Labute approximate surface area is 162 Å². The molecule has 1 fully saturated rings. The van der Waals surface area contributed by atoms with Crippen LogP contribution in [-0.2, 0) is 11.2 Å². The number of amides is 2. The van der Waals surface area contributed by atoms with Crippen molar-refractivity contribution in [3.63, 3.8) is 0 Å². The SMILES string of the molecule is CC(Sc1n[nH]c(CCC2CCCC2)n1)C(=O)Nc1ccc(C(N)=O)cc1. The second-order valence-electron chi connectivity index (χ2n) is 6.94. The van der Waals surface area contributed by atoms with Gasteiger partial charge in [-0.05, 0) is 43.5 Å². The van der Waals surface area contributed by atoms with Gasteiger partial charge >= 0.3 is 0 Å². The summed E-state index contributed by atoms with van der Waals surface area (Å²) in [6.45, 7) is 1.81. The van der Waals surface area contributed by atoms with Crippen LogP contribution in [0.4, 0.5) is 5.69 Å². The number of aromatic nitrogens is 3. The quantitative estimate of drug-likeness (QED) is 0.602. The van der Waals surface area contributed by atoms with Crippen molar-refractivity contribution in [3.05, 3.63) is 35.7 Å². The number of aromatic amines is 1. The summed E-state index contributed by atoms with van der Waals surface area (Å²) >= 11 is 1.32. The molecular weight excluding hydrogens is 362 g/mol. The third-order valence-corrected chi connectivity index (χ3v) is 5.82. The van der Waals surface area contributed by atoms with Crippen molar-refractivity contribution < 1.29 is 9.59 Å². The predicted octanol–water partition coefficient (Wildman–Crippen LogP) is 3.15. The third kappa shape index (κ3) is 5.56. The fourth-order valence-corrected chi connectivity index (χ4v) is 4.00. The highest BCUT2D eigenvalue weighted by molar-refractivity contribution is 8.00. The van der Waals surface area contributed by atoms with E-state index in [1.165, 1.54) is 37.4 Å². The maximum absolute atomic E-state index is 12.4. The lowest BCUT2D eigenvalue weighted by Gasteiger charge is -2.10. The fourth-order valence-electron chi connectivity index (χ4n) is 3.26. The topological polar surface area (TPSA) is 114 Å². The van der Waals surface area contributed by atoms with Gasteiger partial charge in [-0.25, -0.2) is 4.98 Å². The number of carbonyl (C=O) groups excluding carboxylic acids is 2. The second kappa shape index (κ2) is 9.03. The Balaban J connectivity index is 1.48. The summed E-state index contributed by atoms with van der Waals surface area (Å²) in [5, 5.41) is 10.3. The molecule has 0 saturated heterocycles. The van der Waals surface area contributed by atoms with Crippen LogP contribution in [0.3, 0.4) is 0 Å². The number of anilines is 1. The summed E-state index contributed by atoms with van der Waals surface area (Å²) < 4.78 is 0. The number of carbonyl (C=O) groups is 2. The van der Waals surface area contributed by atoms with Crippen LogP contribution in [0.2, 0.25) is 0 Å². The Hall–Kier alpha value is -2.35. The highest BCUT2D eigenvalue weighted by atomic mass is 32.2. The van der Waals surface area contributed by atoms with Crippen molar-refractivity contribution in [2.45, 2.75) is 55.9 Å². The molecule has 2 amide bonds. The Bertz CT molecular complexity index is 784. The van der Waals surface area contributed by atoms with E-state index < -0.39 is 5.91 Å². The second-order valence-corrected chi connectivity index (χ2v) is 8.25. The number of rotatable bonds is 8. The molecule has 0 bridgehead atoms. The van der Waals surface area contributed by atoms with Crippen molar-refractivity contribution in [1.82, 2.24) is 15.2 Å². The molecule has 8 heteroatoms. The third-order valence-electron chi connectivity index (χ3n) is 4.86. The van der Waals surface area contributed by atoms with Gasteiger partial charge in [0.1, 0.15) is 5.82 Å². The van der Waals surface area contributed by atoms with Crippen LogP contribution in [0.15, 0.2) is 29.4 Å². The van der Waals surface area contributed by atoms with Gasteiger partial charge < -0.3 is 11.1 Å². The molecule has 0 aliphatic heterocycles. The van der Waals surface area contributed by atoms with Crippen LogP contribution in [0, 0.1) is 5.92 Å². The summed E-state index contributed by atoms with van der Waals surface area (Å²) in [5.41, 5.74) is 6.23. The molecule has 7 nitrogen and oxygen atoms in total. The summed E-state index contributed by atoms with van der Waals surface area (Å²) in [6.07, 6.45) is 7.41. The van der Waals surface area contributed by atoms with E-state index in [2.05, 4.69) is 20.5 Å². The van der Waals surface area contributed by atoms with E-state index in [1.54, 1.807) is 24.3 Å². The lowest BCUT2D eigenvalue weighted by molar-refractivity contribution is -0.115. The van der Waals surface area contributed by atoms with Gasteiger partial charge in [0.2, 0.25) is 17.0 Å². The maximum atomic E-state index is 12.4. The van der Waals surface area contributed by atoms with Crippen molar-refractivity contribution in [2.75, 3.05) is 5.32 Å². The standard InChI is InChI=1S/C19H25N5O2S/c1-12(18(26)21-15-9-7-14(8-10-15)17(20)25)27-19-22-16(23-24-19)11-6-13-4-2-3-5-13/h7-10,12-13H,2-6,11H2,1H3,(H2,20,25)(H,21,26)(H,22,23,24). The number of benzene rings is 1. The highest BCUT2D eigenvalue weighted by Gasteiger charge is 2.19. The summed E-state index contributed by atoms with van der Waals surface area (Å²) in [4.78, 5) is 27.9. The first-order valence-electron chi connectivity index (χ1n) is 9.30. The molecule has 1 aromatic heterocycles. The smallest absolute Gasteiger partial charge is 0.248 e. The number of H-pyrrole nitrogens is 1. The van der Waals surface area contributed by atoms with Gasteiger partial charge in [-0.3, -0.25) is 14.7 Å². The molecule has 1 aliphatic carbocycles. The average molecular weight is 388 g/mol. The zero-order valence-electron chi connectivity index (χ0n) is 15.4. The number of nitrogens with one attached hydrogen (secondary N) is 2. The molecule has 0 spiro atoms. The Morgan fingerprint density at radius 3 is 2.67 bits per heavy atom. The first kappa shape index (κ1) is 19.4. The molecule has 1 unspecified atom stereocenters. The minimum Gasteiger partial charge on any atom is -0.366 e. The molecule has 1 atom stereocenters. The minimum absolute atomic E-state index is 0.149. The zero-order chi connectivity index (χ0) is 19.2. The van der Waals surface area contributed by atoms with E-state index in [0.29, 0.717) is 16.4 Å². The predicted molar refractivity (Wildman–Crippen MR) is 106 cm³/mol.